The Kier molecular flexibility index (Phi) is 3.68. The highest BCUT2D eigenvalue weighted by Crippen LogP contribution is 2.37. The van der Waals surface area contributed by atoms with Crippen molar-refractivity contribution in [2.24, 2.45) is 0 Å². The topological polar surface area (TPSA) is 129 Å². The molecule has 3 aromatic heterocycles. The van der Waals surface area contributed by atoms with Gasteiger partial charge in [-0.1, -0.05) is 0 Å². The third kappa shape index (κ3) is 2.64. The summed E-state index contributed by atoms with van der Waals surface area (Å²) < 4.78 is 29.8. The fourth-order valence-electron chi connectivity index (χ4n) is 3.58. The van der Waals surface area contributed by atoms with Gasteiger partial charge in [0.25, 0.3) is 0 Å². The number of benzene rings is 1. The van der Waals surface area contributed by atoms with Crippen molar-refractivity contribution in [3.8, 4) is 6.07 Å². The van der Waals surface area contributed by atoms with Crippen LogP contribution in [-0.2, 0) is 10.0 Å². The van der Waals surface area contributed by atoms with Gasteiger partial charge in [0.2, 0.25) is 10.0 Å². The highest BCUT2D eigenvalue weighted by Gasteiger charge is 2.36. The zero-order chi connectivity index (χ0) is 19.3. The molecule has 0 unspecified atom stereocenters. The molecule has 1 saturated carbocycles. The summed E-state index contributed by atoms with van der Waals surface area (Å²) in [6.45, 7) is 0. The molecule has 1 aliphatic carbocycles. The third-order valence-corrected chi connectivity index (χ3v) is 6.62. The number of aromatic amines is 1. The van der Waals surface area contributed by atoms with Gasteiger partial charge in [0.1, 0.15) is 5.82 Å². The summed E-state index contributed by atoms with van der Waals surface area (Å²) in [5.41, 5.74) is 2.75. The summed E-state index contributed by atoms with van der Waals surface area (Å²) in [4.78, 5) is 7.53. The van der Waals surface area contributed by atoms with Crippen LogP contribution in [0.4, 0.5) is 0 Å². The van der Waals surface area contributed by atoms with E-state index in [1.807, 2.05) is 22.7 Å². The normalized spacial score (nSPS) is 19.5. The van der Waals surface area contributed by atoms with Crippen molar-refractivity contribution < 1.29 is 8.42 Å². The average molecular weight is 393 g/mol. The number of sulfonamides is 1. The number of rotatable bonds is 4. The maximum absolute atomic E-state index is 12.5. The maximum atomic E-state index is 12.5. The Hall–Kier alpha value is -3.29. The van der Waals surface area contributed by atoms with Gasteiger partial charge in [0.05, 0.1) is 28.2 Å². The van der Waals surface area contributed by atoms with Gasteiger partial charge < -0.3 is 4.98 Å². The molecule has 1 fully saturated rings. The second-order valence-electron chi connectivity index (χ2n) is 6.84. The van der Waals surface area contributed by atoms with Gasteiger partial charge in [-0.25, -0.2) is 18.1 Å². The Labute approximate surface area is 160 Å². The van der Waals surface area contributed by atoms with Crippen LogP contribution < -0.4 is 4.72 Å². The Morgan fingerprint density at radius 3 is 2.71 bits per heavy atom. The van der Waals surface area contributed by atoms with Crippen LogP contribution in [0.2, 0.25) is 0 Å². The summed E-state index contributed by atoms with van der Waals surface area (Å²) in [7, 11) is -3.62. The smallest absolute Gasteiger partial charge is 0.240 e. The molecule has 0 radical (unpaired) electrons. The van der Waals surface area contributed by atoms with Gasteiger partial charge in [-0.15, -0.1) is 10.2 Å². The molecular weight excluding hydrogens is 378 g/mol. The van der Waals surface area contributed by atoms with Crippen LogP contribution >= 0.6 is 0 Å². The Bertz CT molecular complexity index is 1330. The SMILES string of the molecule is N#Cc1ccc(S(=O)(=O)N[C@H]2C[C@H](c3nnc4cnc5[nH]ccc5n43)C2)cc1. The van der Waals surface area contributed by atoms with Crippen LogP contribution in [0, 0.1) is 11.3 Å². The van der Waals surface area contributed by atoms with Crippen molar-refractivity contribution in [2.75, 3.05) is 0 Å². The van der Waals surface area contributed by atoms with Crippen LogP contribution in [0.15, 0.2) is 47.6 Å². The number of fused-ring (bicyclic) bond motifs is 3. The summed E-state index contributed by atoms with van der Waals surface area (Å²) in [6, 6.07) is 9.62. The van der Waals surface area contributed by atoms with E-state index in [1.165, 1.54) is 24.3 Å². The zero-order valence-electron chi connectivity index (χ0n) is 14.6. The van der Waals surface area contributed by atoms with E-state index in [4.69, 9.17) is 5.26 Å². The molecule has 0 bridgehead atoms. The molecule has 0 spiro atoms. The van der Waals surface area contributed by atoms with Crippen LogP contribution in [0.3, 0.4) is 0 Å². The Balaban J connectivity index is 1.34. The molecule has 1 aromatic carbocycles. The predicted octanol–water partition coefficient (Wildman–Crippen LogP) is 1.70. The van der Waals surface area contributed by atoms with Gasteiger partial charge in [-0.3, -0.25) is 4.40 Å². The van der Waals surface area contributed by atoms with Crippen molar-refractivity contribution in [3.63, 3.8) is 0 Å². The second kappa shape index (κ2) is 6.12. The van der Waals surface area contributed by atoms with Crippen LogP contribution in [-0.4, -0.2) is 39.0 Å². The first-order valence-corrected chi connectivity index (χ1v) is 10.2. The molecule has 0 aliphatic heterocycles. The average Bonchev–Trinajstić information content (AvgIpc) is 3.30. The van der Waals surface area contributed by atoms with Gasteiger partial charge in [-0.05, 0) is 43.2 Å². The van der Waals surface area contributed by atoms with E-state index in [-0.39, 0.29) is 16.9 Å². The van der Waals surface area contributed by atoms with E-state index < -0.39 is 10.0 Å². The van der Waals surface area contributed by atoms with Crippen molar-refractivity contribution in [2.45, 2.75) is 29.7 Å². The summed E-state index contributed by atoms with van der Waals surface area (Å²) in [6.07, 6.45) is 4.77. The summed E-state index contributed by atoms with van der Waals surface area (Å²) >= 11 is 0. The lowest BCUT2D eigenvalue weighted by molar-refractivity contribution is 0.314. The molecule has 4 aromatic rings. The van der Waals surface area contributed by atoms with E-state index in [9.17, 15) is 8.42 Å². The van der Waals surface area contributed by atoms with Crippen molar-refractivity contribution in [3.05, 3.63) is 54.1 Å². The molecule has 0 atom stereocenters. The molecule has 0 saturated heterocycles. The molecule has 5 rings (SSSR count). The van der Waals surface area contributed by atoms with Crippen LogP contribution in [0.25, 0.3) is 16.8 Å². The lowest BCUT2D eigenvalue weighted by Gasteiger charge is -2.34. The van der Waals surface area contributed by atoms with E-state index in [0.29, 0.717) is 24.1 Å². The number of nitriles is 1. The molecule has 9 nitrogen and oxygen atoms in total. The molecule has 3 heterocycles. The molecule has 28 heavy (non-hydrogen) atoms. The van der Waals surface area contributed by atoms with E-state index in [0.717, 1.165) is 17.0 Å². The molecule has 1 aliphatic rings. The molecule has 140 valence electrons. The maximum Gasteiger partial charge on any atom is 0.240 e. The predicted molar refractivity (Wildman–Crippen MR) is 99.9 cm³/mol. The van der Waals surface area contributed by atoms with Gasteiger partial charge in [0.15, 0.2) is 11.3 Å². The fraction of sp³-hybridized carbons (Fsp3) is 0.222. The first-order valence-electron chi connectivity index (χ1n) is 8.75. The fourth-order valence-corrected chi connectivity index (χ4v) is 4.85. The number of hydrogen-bond donors (Lipinski definition) is 2. The quantitative estimate of drug-likeness (QED) is 0.543. The third-order valence-electron chi connectivity index (χ3n) is 5.09. The summed E-state index contributed by atoms with van der Waals surface area (Å²) in [5, 5.41) is 17.3. The molecular formula is C18H15N7O2S. The minimum absolute atomic E-state index is 0.115. The van der Waals surface area contributed by atoms with Crippen LogP contribution in [0.1, 0.15) is 30.1 Å². The number of aromatic nitrogens is 5. The largest absolute Gasteiger partial charge is 0.345 e. The Morgan fingerprint density at radius 2 is 1.96 bits per heavy atom. The van der Waals surface area contributed by atoms with Crippen molar-refractivity contribution in [1.82, 2.24) is 29.3 Å². The summed E-state index contributed by atoms with van der Waals surface area (Å²) in [5.74, 6) is 0.931. The van der Waals surface area contributed by atoms with Crippen molar-refractivity contribution in [1.29, 1.82) is 5.26 Å². The number of hydrogen-bond acceptors (Lipinski definition) is 6. The van der Waals surface area contributed by atoms with Gasteiger partial charge >= 0.3 is 0 Å². The molecule has 10 heteroatoms. The lowest BCUT2D eigenvalue weighted by atomic mass is 9.80. The van der Waals surface area contributed by atoms with E-state index >= 15 is 0 Å². The van der Waals surface area contributed by atoms with Crippen LogP contribution in [0.5, 0.6) is 0 Å². The zero-order valence-corrected chi connectivity index (χ0v) is 15.4. The minimum Gasteiger partial charge on any atom is -0.345 e. The second-order valence-corrected chi connectivity index (χ2v) is 8.56. The lowest BCUT2D eigenvalue weighted by Crippen LogP contribution is -2.43. The highest BCUT2D eigenvalue weighted by atomic mass is 32.2. The minimum atomic E-state index is -3.62. The highest BCUT2D eigenvalue weighted by molar-refractivity contribution is 7.89. The number of nitrogens with zero attached hydrogens (tertiary/aromatic N) is 5. The molecule has 0 amide bonds. The number of H-pyrrole nitrogens is 1. The first kappa shape index (κ1) is 16.9. The van der Waals surface area contributed by atoms with E-state index in [2.05, 4.69) is 24.9 Å². The first-order chi connectivity index (χ1) is 13.5. The standard InChI is InChI=1S/C18H15N7O2S/c19-9-11-1-3-14(4-2-11)28(26,27)24-13-7-12(8-13)18-23-22-16-10-21-17-15(25(16)18)5-6-20-17/h1-6,10,12-13,20,24H,7-8H2/t12-,13-. The van der Waals surface area contributed by atoms with Gasteiger partial charge in [0, 0.05) is 18.2 Å². The molecule has 2 N–H and O–H groups in total. The van der Waals surface area contributed by atoms with Gasteiger partial charge in [-0.2, -0.15) is 5.26 Å². The number of nitrogens with one attached hydrogen (secondary N) is 2. The van der Waals surface area contributed by atoms with E-state index in [1.54, 1.807) is 6.20 Å². The van der Waals surface area contributed by atoms with Crippen molar-refractivity contribution >= 4 is 26.8 Å². The monoisotopic (exact) mass is 393 g/mol. The Morgan fingerprint density at radius 1 is 1.18 bits per heavy atom.